The van der Waals surface area contributed by atoms with Crippen LogP contribution in [-0.2, 0) is 0 Å². The van der Waals surface area contributed by atoms with Gasteiger partial charge in [0.1, 0.15) is 5.69 Å². The Morgan fingerprint density at radius 1 is 1.00 bits per heavy atom. The second-order valence-corrected chi connectivity index (χ2v) is 4.37. The highest BCUT2D eigenvalue weighted by atomic mass is 16.1. The molecule has 0 saturated heterocycles. The van der Waals surface area contributed by atoms with Crippen LogP contribution in [0.15, 0.2) is 30.6 Å². The number of rotatable bonds is 2. The Hall–Kier alpha value is -2.23. The Labute approximate surface area is 106 Å². The SMILES string of the molecule is Cc1cc(C)cc(NC(=O)c2cnc(C)cn2)c1. The van der Waals surface area contributed by atoms with Crippen LogP contribution >= 0.6 is 0 Å². The summed E-state index contributed by atoms with van der Waals surface area (Å²) in [7, 11) is 0. The number of benzene rings is 1. The van der Waals surface area contributed by atoms with E-state index in [0.717, 1.165) is 22.5 Å². The molecule has 2 aromatic rings. The summed E-state index contributed by atoms with van der Waals surface area (Å²) in [6, 6.07) is 5.90. The highest BCUT2D eigenvalue weighted by Gasteiger charge is 2.08. The lowest BCUT2D eigenvalue weighted by Crippen LogP contribution is -2.14. The third-order valence-electron chi connectivity index (χ3n) is 2.49. The second kappa shape index (κ2) is 4.96. The van der Waals surface area contributed by atoms with Crippen LogP contribution in [0.1, 0.15) is 27.3 Å². The number of hydrogen-bond acceptors (Lipinski definition) is 3. The van der Waals surface area contributed by atoms with Crippen molar-refractivity contribution < 1.29 is 4.79 Å². The van der Waals surface area contributed by atoms with E-state index in [4.69, 9.17) is 0 Å². The average Bonchev–Trinajstić information content (AvgIpc) is 2.28. The lowest BCUT2D eigenvalue weighted by molar-refractivity contribution is 0.102. The summed E-state index contributed by atoms with van der Waals surface area (Å²) < 4.78 is 0. The Morgan fingerprint density at radius 3 is 2.22 bits per heavy atom. The molecule has 1 aromatic carbocycles. The number of carbonyl (C=O) groups excluding carboxylic acids is 1. The van der Waals surface area contributed by atoms with Crippen molar-refractivity contribution in [3.63, 3.8) is 0 Å². The van der Waals surface area contributed by atoms with Crippen molar-refractivity contribution in [1.82, 2.24) is 9.97 Å². The minimum atomic E-state index is -0.243. The van der Waals surface area contributed by atoms with Gasteiger partial charge in [0.2, 0.25) is 0 Å². The zero-order valence-corrected chi connectivity index (χ0v) is 10.7. The molecule has 0 radical (unpaired) electrons. The molecule has 0 spiro atoms. The smallest absolute Gasteiger partial charge is 0.275 e. The van der Waals surface area contributed by atoms with Gasteiger partial charge in [-0.3, -0.25) is 9.78 Å². The largest absolute Gasteiger partial charge is 0.321 e. The van der Waals surface area contributed by atoms with Crippen molar-refractivity contribution >= 4 is 11.6 Å². The zero-order valence-electron chi connectivity index (χ0n) is 10.7. The predicted octanol–water partition coefficient (Wildman–Crippen LogP) is 2.65. The number of aromatic nitrogens is 2. The molecule has 92 valence electrons. The molecular formula is C14H15N3O. The van der Waals surface area contributed by atoms with Crippen molar-refractivity contribution in [3.05, 3.63) is 53.1 Å². The van der Waals surface area contributed by atoms with Crippen LogP contribution in [0.2, 0.25) is 0 Å². The van der Waals surface area contributed by atoms with Gasteiger partial charge in [0.05, 0.1) is 11.9 Å². The van der Waals surface area contributed by atoms with Crippen molar-refractivity contribution in [1.29, 1.82) is 0 Å². The van der Waals surface area contributed by atoms with E-state index in [1.54, 1.807) is 6.20 Å². The second-order valence-electron chi connectivity index (χ2n) is 4.37. The van der Waals surface area contributed by atoms with Gasteiger partial charge in [-0.2, -0.15) is 0 Å². The minimum absolute atomic E-state index is 0.243. The van der Waals surface area contributed by atoms with Crippen molar-refractivity contribution in [2.45, 2.75) is 20.8 Å². The maximum atomic E-state index is 11.9. The summed E-state index contributed by atoms with van der Waals surface area (Å²) in [5.74, 6) is -0.243. The van der Waals surface area contributed by atoms with Crippen LogP contribution in [-0.4, -0.2) is 15.9 Å². The van der Waals surface area contributed by atoms with Crippen LogP contribution < -0.4 is 5.32 Å². The van der Waals surface area contributed by atoms with Crippen molar-refractivity contribution in [2.24, 2.45) is 0 Å². The van der Waals surface area contributed by atoms with Crippen molar-refractivity contribution in [3.8, 4) is 0 Å². The van der Waals surface area contributed by atoms with Gasteiger partial charge in [-0.25, -0.2) is 4.98 Å². The topological polar surface area (TPSA) is 54.9 Å². The van der Waals surface area contributed by atoms with E-state index in [1.807, 2.05) is 32.9 Å². The molecule has 0 aliphatic carbocycles. The molecule has 0 bridgehead atoms. The third-order valence-corrected chi connectivity index (χ3v) is 2.49. The Kier molecular flexibility index (Phi) is 3.37. The molecule has 0 saturated carbocycles. The summed E-state index contributed by atoms with van der Waals surface area (Å²) in [5, 5.41) is 2.82. The van der Waals surface area contributed by atoms with E-state index in [0.29, 0.717) is 5.69 Å². The molecule has 0 aliphatic rings. The van der Waals surface area contributed by atoms with E-state index >= 15 is 0 Å². The number of aryl methyl sites for hydroxylation is 3. The molecule has 0 aliphatic heterocycles. The summed E-state index contributed by atoms with van der Waals surface area (Å²) in [6.07, 6.45) is 3.06. The highest BCUT2D eigenvalue weighted by molar-refractivity contribution is 6.02. The van der Waals surface area contributed by atoms with Gasteiger partial charge in [0.15, 0.2) is 0 Å². The Morgan fingerprint density at radius 2 is 1.67 bits per heavy atom. The monoisotopic (exact) mass is 241 g/mol. The lowest BCUT2D eigenvalue weighted by Gasteiger charge is -2.07. The van der Waals surface area contributed by atoms with E-state index in [1.165, 1.54) is 6.20 Å². The van der Waals surface area contributed by atoms with Gasteiger partial charge in [-0.05, 0) is 44.0 Å². The number of nitrogens with zero attached hydrogens (tertiary/aromatic N) is 2. The normalized spacial score (nSPS) is 10.2. The first kappa shape index (κ1) is 12.2. The van der Waals surface area contributed by atoms with Gasteiger partial charge in [-0.1, -0.05) is 6.07 Å². The molecule has 4 nitrogen and oxygen atoms in total. The van der Waals surface area contributed by atoms with Crippen LogP contribution in [0.4, 0.5) is 5.69 Å². The maximum absolute atomic E-state index is 11.9. The molecule has 1 aromatic heterocycles. The molecule has 0 unspecified atom stereocenters. The maximum Gasteiger partial charge on any atom is 0.275 e. The van der Waals surface area contributed by atoms with Crippen LogP contribution in [0, 0.1) is 20.8 Å². The molecular weight excluding hydrogens is 226 g/mol. The zero-order chi connectivity index (χ0) is 13.1. The van der Waals surface area contributed by atoms with Gasteiger partial charge in [-0.15, -0.1) is 0 Å². The fourth-order valence-corrected chi connectivity index (χ4v) is 1.75. The number of anilines is 1. The van der Waals surface area contributed by atoms with Crippen LogP contribution in [0.25, 0.3) is 0 Å². The number of nitrogens with one attached hydrogen (secondary N) is 1. The molecule has 4 heteroatoms. The molecule has 0 atom stereocenters. The van der Waals surface area contributed by atoms with Gasteiger partial charge >= 0.3 is 0 Å². The minimum Gasteiger partial charge on any atom is -0.321 e. The molecule has 0 fully saturated rings. The van der Waals surface area contributed by atoms with Gasteiger partial charge in [0.25, 0.3) is 5.91 Å². The quantitative estimate of drug-likeness (QED) is 0.879. The molecule has 1 N–H and O–H groups in total. The number of carbonyl (C=O) groups is 1. The summed E-state index contributed by atoms with van der Waals surface area (Å²) in [5.41, 5.74) is 4.11. The molecule has 18 heavy (non-hydrogen) atoms. The van der Waals surface area contributed by atoms with E-state index in [2.05, 4.69) is 21.4 Å². The van der Waals surface area contributed by atoms with Crippen molar-refractivity contribution in [2.75, 3.05) is 5.32 Å². The summed E-state index contributed by atoms with van der Waals surface area (Å²) in [6.45, 7) is 5.82. The Bertz CT molecular complexity index is 556. The molecule has 2 rings (SSSR count). The number of hydrogen-bond donors (Lipinski definition) is 1. The highest BCUT2D eigenvalue weighted by Crippen LogP contribution is 2.14. The molecule has 1 amide bonds. The lowest BCUT2D eigenvalue weighted by atomic mass is 10.1. The van der Waals surface area contributed by atoms with Gasteiger partial charge < -0.3 is 5.32 Å². The fourth-order valence-electron chi connectivity index (χ4n) is 1.75. The summed E-state index contributed by atoms with van der Waals surface area (Å²) >= 11 is 0. The predicted molar refractivity (Wildman–Crippen MR) is 70.6 cm³/mol. The van der Waals surface area contributed by atoms with E-state index in [-0.39, 0.29) is 5.91 Å². The first-order chi connectivity index (χ1) is 8.54. The first-order valence-corrected chi connectivity index (χ1v) is 5.73. The fraction of sp³-hybridized carbons (Fsp3) is 0.214. The molecule has 1 heterocycles. The first-order valence-electron chi connectivity index (χ1n) is 5.73. The summed E-state index contributed by atoms with van der Waals surface area (Å²) in [4.78, 5) is 20.0. The standard InChI is InChI=1S/C14H15N3O/c1-9-4-10(2)6-12(5-9)17-14(18)13-8-15-11(3)7-16-13/h4-8H,1-3H3,(H,17,18). The third kappa shape index (κ3) is 2.91. The van der Waals surface area contributed by atoms with Crippen LogP contribution in [0.3, 0.4) is 0 Å². The Balaban J connectivity index is 2.18. The van der Waals surface area contributed by atoms with E-state index in [9.17, 15) is 4.79 Å². The number of amides is 1. The van der Waals surface area contributed by atoms with E-state index < -0.39 is 0 Å². The van der Waals surface area contributed by atoms with Crippen LogP contribution in [0.5, 0.6) is 0 Å². The average molecular weight is 241 g/mol. The van der Waals surface area contributed by atoms with Gasteiger partial charge in [0, 0.05) is 11.9 Å².